The van der Waals surface area contributed by atoms with Crippen LogP contribution in [0.4, 0.5) is 0 Å². The maximum absolute atomic E-state index is 4.39. The van der Waals surface area contributed by atoms with E-state index in [1.165, 1.54) is 22.0 Å². The molecule has 10 heavy (non-hydrogen) atoms. The molecular weight excluding hydrogens is 144 g/mol. The second-order valence-electron chi connectivity index (χ2n) is 2.59. The molecule has 2 heterocycles. The number of aryl methyl sites for hydroxylation is 2. The molecule has 1 aliphatic rings. The third-order valence-corrected chi connectivity index (χ3v) is 3.09. The average molecular weight is 154 g/mol. The van der Waals surface area contributed by atoms with Crippen LogP contribution < -0.4 is 0 Å². The minimum atomic E-state index is 1.09. The first-order valence-corrected chi connectivity index (χ1v) is 4.44. The van der Waals surface area contributed by atoms with Gasteiger partial charge >= 0.3 is 0 Å². The largest absolute Gasteiger partial charge is 0.258 e. The van der Waals surface area contributed by atoms with Gasteiger partial charge in [-0.2, -0.15) is 5.10 Å². The van der Waals surface area contributed by atoms with Gasteiger partial charge in [-0.3, -0.25) is 4.68 Å². The van der Waals surface area contributed by atoms with E-state index in [0.29, 0.717) is 0 Å². The van der Waals surface area contributed by atoms with Crippen molar-refractivity contribution in [3.05, 3.63) is 11.3 Å². The summed E-state index contributed by atoms with van der Waals surface area (Å²) in [6, 6.07) is 0. The lowest BCUT2D eigenvalue weighted by Crippen LogP contribution is -1.95. The van der Waals surface area contributed by atoms with Crippen molar-refractivity contribution < 1.29 is 0 Å². The van der Waals surface area contributed by atoms with Gasteiger partial charge in [-0.25, -0.2) is 0 Å². The summed E-state index contributed by atoms with van der Waals surface area (Å²) in [5.41, 5.74) is 2.55. The van der Waals surface area contributed by atoms with Crippen molar-refractivity contribution in [1.29, 1.82) is 0 Å². The van der Waals surface area contributed by atoms with E-state index in [-0.39, 0.29) is 0 Å². The Morgan fingerprint density at radius 3 is 3.00 bits per heavy atom. The van der Waals surface area contributed by atoms with E-state index in [9.17, 15) is 0 Å². The van der Waals surface area contributed by atoms with Gasteiger partial charge in [0.1, 0.15) is 0 Å². The first-order valence-electron chi connectivity index (χ1n) is 3.46. The number of thioether (sulfide) groups is 1. The van der Waals surface area contributed by atoms with Crippen molar-refractivity contribution in [1.82, 2.24) is 9.78 Å². The lowest BCUT2D eigenvalue weighted by atomic mass is 10.3. The van der Waals surface area contributed by atoms with Crippen molar-refractivity contribution in [3.63, 3.8) is 0 Å². The number of hydrogen-bond acceptors (Lipinski definition) is 2. The van der Waals surface area contributed by atoms with Crippen LogP contribution in [0, 0.1) is 13.8 Å². The Bertz CT molecular complexity index is 265. The Morgan fingerprint density at radius 1 is 1.50 bits per heavy atom. The predicted octanol–water partition coefficient (Wildman–Crippen LogP) is 1.61. The molecule has 0 atom stereocenters. The van der Waals surface area contributed by atoms with Crippen LogP contribution in [0.2, 0.25) is 0 Å². The molecule has 1 aliphatic heterocycles. The highest BCUT2D eigenvalue weighted by atomic mass is 32.2. The highest BCUT2D eigenvalue weighted by Crippen LogP contribution is 2.29. The van der Waals surface area contributed by atoms with Gasteiger partial charge in [0, 0.05) is 11.3 Å². The molecule has 0 N–H and O–H groups in total. The molecule has 0 spiro atoms. The number of nitrogens with zero attached hydrogens (tertiary/aromatic N) is 2. The molecule has 0 saturated carbocycles. The van der Waals surface area contributed by atoms with Gasteiger partial charge in [0.25, 0.3) is 0 Å². The number of fused-ring (bicyclic) bond motifs is 1. The van der Waals surface area contributed by atoms with E-state index in [1.807, 2.05) is 11.8 Å². The Labute approximate surface area is 64.6 Å². The molecule has 0 radical (unpaired) electrons. The van der Waals surface area contributed by atoms with E-state index in [4.69, 9.17) is 0 Å². The third-order valence-electron chi connectivity index (χ3n) is 1.91. The Balaban J connectivity index is 2.59. The van der Waals surface area contributed by atoms with Gasteiger partial charge in [0.05, 0.1) is 17.3 Å². The lowest BCUT2D eigenvalue weighted by Gasteiger charge is -1.89. The van der Waals surface area contributed by atoms with Gasteiger partial charge in [-0.15, -0.1) is 11.8 Å². The molecule has 0 bridgehead atoms. The van der Waals surface area contributed by atoms with Crippen LogP contribution in [-0.2, 0) is 6.54 Å². The van der Waals surface area contributed by atoms with Crippen molar-refractivity contribution in [2.45, 2.75) is 25.4 Å². The standard InChI is InChI=1S/C7H10N2S/c1-5-6(2)8-9-3-4-10-7(5)9/h3-4H2,1-2H3. The minimum Gasteiger partial charge on any atom is -0.258 e. The molecular formula is C7H10N2S. The minimum absolute atomic E-state index is 1.09. The molecule has 1 aromatic heterocycles. The summed E-state index contributed by atoms with van der Waals surface area (Å²) < 4.78 is 2.11. The summed E-state index contributed by atoms with van der Waals surface area (Å²) in [5, 5.41) is 5.76. The van der Waals surface area contributed by atoms with Crippen LogP contribution in [0.15, 0.2) is 5.03 Å². The highest BCUT2D eigenvalue weighted by Gasteiger charge is 2.16. The summed E-state index contributed by atoms with van der Waals surface area (Å²) >= 11 is 1.92. The molecule has 0 amide bonds. The van der Waals surface area contributed by atoms with Crippen molar-refractivity contribution in [2.24, 2.45) is 0 Å². The van der Waals surface area contributed by atoms with E-state index < -0.39 is 0 Å². The summed E-state index contributed by atoms with van der Waals surface area (Å²) in [6.45, 7) is 5.31. The molecule has 2 nitrogen and oxygen atoms in total. The Hall–Kier alpha value is -0.440. The molecule has 0 aromatic carbocycles. The van der Waals surface area contributed by atoms with Crippen LogP contribution in [0.1, 0.15) is 11.3 Å². The first-order chi connectivity index (χ1) is 4.79. The fourth-order valence-corrected chi connectivity index (χ4v) is 2.32. The highest BCUT2D eigenvalue weighted by molar-refractivity contribution is 7.99. The molecule has 0 unspecified atom stereocenters. The fourth-order valence-electron chi connectivity index (χ4n) is 1.21. The maximum atomic E-state index is 4.39. The van der Waals surface area contributed by atoms with Gasteiger partial charge in [-0.05, 0) is 13.8 Å². The Morgan fingerprint density at radius 2 is 2.30 bits per heavy atom. The van der Waals surface area contributed by atoms with E-state index in [0.717, 1.165) is 6.54 Å². The van der Waals surface area contributed by atoms with Gasteiger partial charge in [0.15, 0.2) is 0 Å². The van der Waals surface area contributed by atoms with E-state index >= 15 is 0 Å². The fraction of sp³-hybridized carbons (Fsp3) is 0.571. The number of rotatable bonds is 0. The average Bonchev–Trinajstić information content (AvgIpc) is 2.41. The number of aromatic nitrogens is 2. The van der Waals surface area contributed by atoms with Crippen molar-refractivity contribution >= 4 is 11.8 Å². The van der Waals surface area contributed by atoms with Crippen molar-refractivity contribution in [2.75, 3.05) is 5.75 Å². The smallest absolute Gasteiger partial charge is 0.0972 e. The third kappa shape index (κ3) is 0.700. The first kappa shape index (κ1) is 6.28. The quantitative estimate of drug-likeness (QED) is 0.565. The molecule has 2 rings (SSSR count). The summed E-state index contributed by atoms with van der Waals surface area (Å²) in [5.74, 6) is 1.20. The second kappa shape index (κ2) is 2.02. The SMILES string of the molecule is Cc1nn2c(c1C)SCC2. The monoisotopic (exact) mass is 154 g/mol. The molecule has 1 aromatic rings. The Kier molecular flexibility index (Phi) is 1.27. The topological polar surface area (TPSA) is 17.8 Å². The van der Waals surface area contributed by atoms with Crippen LogP contribution >= 0.6 is 11.8 Å². The summed E-state index contributed by atoms with van der Waals surface area (Å²) in [7, 11) is 0. The van der Waals surface area contributed by atoms with Crippen LogP contribution in [0.25, 0.3) is 0 Å². The van der Waals surface area contributed by atoms with Crippen LogP contribution in [0.3, 0.4) is 0 Å². The zero-order chi connectivity index (χ0) is 7.14. The molecule has 54 valence electrons. The molecule has 0 saturated heterocycles. The summed E-state index contributed by atoms with van der Waals surface area (Å²) in [4.78, 5) is 0. The molecule has 0 fully saturated rings. The molecule has 3 heteroatoms. The normalized spacial score (nSPS) is 15.8. The van der Waals surface area contributed by atoms with E-state index in [1.54, 1.807) is 0 Å². The van der Waals surface area contributed by atoms with Gasteiger partial charge < -0.3 is 0 Å². The van der Waals surface area contributed by atoms with E-state index in [2.05, 4.69) is 23.6 Å². The molecule has 0 aliphatic carbocycles. The maximum Gasteiger partial charge on any atom is 0.0972 e. The zero-order valence-corrected chi connectivity index (χ0v) is 7.03. The van der Waals surface area contributed by atoms with Gasteiger partial charge in [-0.1, -0.05) is 0 Å². The summed E-state index contributed by atoms with van der Waals surface area (Å²) in [6.07, 6.45) is 0. The lowest BCUT2D eigenvalue weighted by molar-refractivity contribution is 0.627. The van der Waals surface area contributed by atoms with Crippen LogP contribution in [-0.4, -0.2) is 15.5 Å². The van der Waals surface area contributed by atoms with Crippen LogP contribution in [0.5, 0.6) is 0 Å². The van der Waals surface area contributed by atoms with Crippen molar-refractivity contribution in [3.8, 4) is 0 Å². The number of hydrogen-bond donors (Lipinski definition) is 0. The van der Waals surface area contributed by atoms with Gasteiger partial charge in [0.2, 0.25) is 0 Å². The predicted molar refractivity (Wildman–Crippen MR) is 42.4 cm³/mol. The second-order valence-corrected chi connectivity index (χ2v) is 3.67. The zero-order valence-electron chi connectivity index (χ0n) is 6.22.